The average Bonchev–Trinajstić information content (AvgIpc) is 2.64. The summed E-state index contributed by atoms with van der Waals surface area (Å²) < 4.78 is 49.9. The van der Waals surface area contributed by atoms with Gasteiger partial charge in [-0.3, -0.25) is 4.18 Å². The van der Waals surface area contributed by atoms with Crippen LogP contribution in [0.2, 0.25) is 0 Å². The van der Waals surface area contributed by atoms with Crippen molar-refractivity contribution in [3.8, 4) is 0 Å². The highest BCUT2D eigenvalue weighted by Crippen LogP contribution is 2.43. The second kappa shape index (κ2) is 5.88. The number of hydrogen-bond acceptors (Lipinski definition) is 8. The van der Waals surface area contributed by atoms with Gasteiger partial charge in [-0.05, 0) is 27.7 Å². The van der Waals surface area contributed by atoms with Gasteiger partial charge in [-0.2, -0.15) is 8.42 Å². The molecule has 0 aromatic heterocycles. The van der Waals surface area contributed by atoms with Crippen molar-refractivity contribution in [3.05, 3.63) is 0 Å². The van der Waals surface area contributed by atoms with Gasteiger partial charge in [-0.1, -0.05) is 6.92 Å². The van der Waals surface area contributed by atoms with Gasteiger partial charge in [0.2, 0.25) is 5.79 Å². The van der Waals surface area contributed by atoms with Crippen LogP contribution in [0.5, 0.6) is 0 Å². The summed E-state index contributed by atoms with van der Waals surface area (Å²) in [5.41, 5.74) is 0. The molecule has 2 aliphatic heterocycles. The van der Waals surface area contributed by atoms with Crippen molar-refractivity contribution in [1.29, 1.82) is 0 Å². The van der Waals surface area contributed by atoms with Crippen molar-refractivity contribution in [1.82, 2.24) is 0 Å². The summed E-state index contributed by atoms with van der Waals surface area (Å²) in [4.78, 5) is 0. The molecule has 2 saturated heterocycles. The first kappa shape index (κ1) is 19.0. The summed E-state index contributed by atoms with van der Waals surface area (Å²) in [6, 6.07) is 0. The summed E-state index contributed by atoms with van der Waals surface area (Å²) >= 11 is 0. The van der Waals surface area contributed by atoms with E-state index in [9.17, 15) is 13.5 Å². The second-order valence-electron chi connectivity index (χ2n) is 6.85. The lowest BCUT2D eigenvalue weighted by Crippen LogP contribution is -2.61. The van der Waals surface area contributed by atoms with Gasteiger partial charge in [0.05, 0.1) is 12.7 Å². The lowest BCUT2D eigenvalue weighted by molar-refractivity contribution is -0.382. The molecule has 2 aliphatic rings. The van der Waals surface area contributed by atoms with Gasteiger partial charge < -0.3 is 24.1 Å². The van der Waals surface area contributed by atoms with Crippen LogP contribution >= 0.6 is 0 Å². The number of fused-ring (bicyclic) bond motifs is 1. The van der Waals surface area contributed by atoms with Crippen molar-refractivity contribution in [2.24, 2.45) is 11.1 Å². The summed E-state index contributed by atoms with van der Waals surface area (Å²) in [5.74, 6) is -4.41. The highest BCUT2D eigenvalue weighted by molar-refractivity contribution is 7.84. The molecule has 0 amide bonds. The van der Waals surface area contributed by atoms with Crippen molar-refractivity contribution >= 4 is 10.3 Å². The molecule has 0 unspecified atom stereocenters. The third-order valence-electron chi connectivity index (χ3n) is 3.75. The molecule has 3 N–H and O–H groups in total. The normalized spacial score (nSPS) is 37.6. The molecular formula is C13H25NO8S. The molecule has 0 spiro atoms. The average molecular weight is 355 g/mol. The maximum atomic E-state index is 11.1. The van der Waals surface area contributed by atoms with Crippen LogP contribution in [0.1, 0.15) is 34.6 Å². The van der Waals surface area contributed by atoms with Crippen molar-refractivity contribution in [2.45, 2.75) is 64.2 Å². The molecule has 2 rings (SSSR count). The van der Waals surface area contributed by atoms with Gasteiger partial charge in [0.1, 0.15) is 12.7 Å². The van der Waals surface area contributed by atoms with E-state index in [1.54, 1.807) is 20.8 Å². The Labute approximate surface area is 136 Å². The first-order valence-electron chi connectivity index (χ1n) is 7.32. The number of aliphatic hydroxyl groups is 1. The summed E-state index contributed by atoms with van der Waals surface area (Å²) in [6.07, 6.45) is -0.738. The summed E-state index contributed by atoms with van der Waals surface area (Å²) in [6.45, 7) is 7.70. The molecule has 136 valence electrons. The quantitative estimate of drug-likeness (QED) is 0.651. The minimum Gasteiger partial charge on any atom is -0.366 e. The fraction of sp³-hybridized carbons (Fsp3) is 1.00. The van der Waals surface area contributed by atoms with Crippen LogP contribution in [-0.2, 0) is 33.4 Å². The van der Waals surface area contributed by atoms with Crippen LogP contribution in [-0.4, -0.2) is 56.3 Å². The van der Waals surface area contributed by atoms with Crippen molar-refractivity contribution in [2.75, 3.05) is 13.2 Å². The van der Waals surface area contributed by atoms with Gasteiger partial charge in [-0.25, -0.2) is 5.14 Å². The van der Waals surface area contributed by atoms with Crippen molar-refractivity contribution < 1.29 is 36.7 Å². The first-order chi connectivity index (χ1) is 10.2. The first-order valence-corrected chi connectivity index (χ1v) is 8.79. The maximum absolute atomic E-state index is 11.1. The van der Waals surface area contributed by atoms with E-state index in [-0.39, 0.29) is 12.7 Å². The molecule has 23 heavy (non-hydrogen) atoms. The van der Waals surface area contributed by atoms with E-state index in [0.29, 0.717) is 0 Å². The summed E-state index contributed by atoms with van der Waals surface area (Å²) in [7, 11) is -4.20. The Morgan fingerprint density at radius 3 is 2.48 bits per heavy atom. The van der Waals surface area contributed by atoms with E-state index < -0.39 is 46.3 Å². The number of ether oxygens (including phenoxy) is 4. The molecular weight excluding hydrogens is 330 g/mol. The van der Waals surface area contributed by atoms with Gasteiger partial charge in [0.25, 0.3) is 0 Å². The van der Waals surface area contributed by atoms with E-state index in [1.165, 1.54) is 13.8 Å². The third kappa shape index (κ3) is 4.60. The fourth-order valence-electron chi connectivity index (χ4n) is 2.93. The van der Waals surface area contributed by atoms with Crippen LogP contribution in [0.3, 0.4) is 0 Å². The SMILES string of the molecule is C[C@H]1[C@@H]2OC(C)(C)O[C@@H]2CO[C@@]1(COS(N)(=O)=O)OC(C)(C)O. The fourth-order valence-corrected chi connectivity index (χ4v) is 3.26. The number of nitrogens with two attached hydrogens (primary N) is 1. The standard InChI is InChI=1S/C13H25NO8S/c1-8-10-9(20-12(4,5)21-10)6-18-13(8,22-11(2,3)15)7-19-23(14,16)17/h8-10,15H,6-7H2,1-5H3,(H2,14,16,17)/t8-,9+,10-,13-/m0/s1. The maximum Gasteiger partial charge on any atom is 0.333 e. The Kier molecular flexibility index (Phi) is 4.86. The number of rotatable bonds is 5. The Morgan fingerprint density at radius 1 is 1.35 bits per heavy atom. The van der Waals surface area contributed by atoms with Crippen molar-refractivity contribution in [3.63, 3.8) is 0 Å². The van der Waals surface area contributed by atoms with E-state index in [0.717, 1.165) is 0 Å². The van der Waals surface area contributed by atoms with Crippen LogP contribution < -0.4 is 5.14 Å². The topological polar surface area (TPSA) is 127 Å². The minimum atomic E-state index is -4.20. The number of hydrogen-bond donors (Lipinski definition) is 2. The third-order valence-corrected chi connectivity index (χ3v) is 4.19. The zero-order valence-electron chi connectivity index (χ0n) is 13.9. The van der Waals surface area contributed by atoms with Gasteiger partial charge in [0, 0.05) is 5.92 Å². The van der Waals surface area contributed by atoms with E-state index in [1.807, 2.05) is 0 Å². The van der Waals surface area contributed by atoms with Crippen LogP contribution in [0.15, 0.2) is 0 Å². The van der Waals surface area contributed by atoms with E-state index in [4.69, 9.17) is 24.1 Å². The highest BCUT2D eigenvalue weighted by Gasteiger charge is 2.58. The predicted octanol–water partition coefficient (Wildman–Crippen LogP) is -0.166. The minimum absolute atomic E-state index is 0.0997. The molecule has 2 heterocycles. The second-order valence-corrected chi connectivity index (χ2v) is 8.08. The van der Waals surface area contributed by atoms with Gasteiger partial charge >= 0.3 is 10.3 Å². The molecule has 0 bridgehead atoms. The lowest BCUT2D eigenvalue weighted by Gasteiger charge is -2.47. The zero-order chi connectivity index (χ0) is 17.7. The molecule has 0 saturated carbocycles. The molecule has 0 aromatic carbocycles. The molecule has 2 fully saturated rings. The van der Waals surface area contributed by atoms with Crippen LogP contribution in [0, 0.1) is 5.92 Å². The molecule has 10 heteroatoms. The van der Waals surface area contributed by atoms with Gasteiger partial charge in [0.15, 0.2) is 11.6 Å². The largest absolute Gasteiger partial charge is 0.366 e. The summed E-state index contributed by atoms with van der Waals surface area (Å²) in [5, 5.41) is 14.9. The molecule has 0 radical (unpaired) electrons. The van der Waals surface area contributed by atoms with E-state index >= 15 is 0 Å². The Bertz CT molecular complexity index is 543. The molecule has 4 atom stereocenters. The highest BCUT2D eigenvalue weighted by atomic mass is 32.2. The van der Waals surface area contributed by atoms with Gasteiger partial charge in [-0.15, -0.1) is 0 Å². The van der Waals surface area contributed by atoms with Crippen LogP contribution in [0.25, 0.3) is 0 Å². The monoisotopic (exact) mass is 355 g/mol. The Hall–Kier alpha value is -0.330. The molecule has 0 aromatic rings. The van der Waals surface area contributed by atoms with E-state index in [2.05, 4.69) is 4.18 Å². The van der Waals surface area contributed by atoms with Crippen LogP contribution in [0.4, 0.5) is 0 Å². The molecule has 0 aliphatic carbocycles. The predicted molar refractivity (Wildman–Crippen MR) is 78.1 cm³/mol. The zero-order valence-corrected chi connectivity index (χ0v) is 14.8. The molecule has 9 nitrogen and oxygen atoms in total. The Morgan fingerprint density at radius 2 is 1.96 bits per heavy atom. The Balaban J connectivity index is 2.27. The lowest BCUT2D eigenvalue weighted by atomic mass is 9.88. The smallest absolute Gasteiger partial charge is 0.333 e.